The van der Waals surface area contributed by atoms with E-state index in [1.54, 1.807) is 76.2 Å². The highest BCUT2D eigenvalue weighted by atomic mass is 16.5. The van der Waals surface area contributed by atoms with Crippen LogP contribution in [0.3, 0.4) is 0 Å². The SMILES string of the molecule is CC1(C)N([O])/C(=C2\C(c3ccccc3)=NN=C(c3ccccc3)N2[O-])[N+](=O)C1(C)C. The third-order valence-corrected chi connectivity index (χ3v) is 6.05. The molecule has 2 aliphatic heterocycles. The summed E-state index contributed by atoms with van der Waals surface area (Å²) in [5, 5.41) is 36.4. The summed E-state index contributed by atoms with van der Waals surface area (Å²) in [6.45, 7) is 6.73. The number of hydroxylamine groups is 4. The highest BCUT2D eigenvalue weighted by molar-refractivity contribution is 6.18. The molecule has 0 aromatic heterocycles. The van der Waals surface area contributed by atoms with E-state index in [9.17, 15) is 15.3 Å². The average molecular weight is 404 g/mol. The Morgan fingerprint density at radius 1 is 0.867 bits per heavy atom. The van der Waals surface area contributed by atoms with Gasteiger partial charge >= 0.3 is 5.82 Å². The molecule has 153 valence electrons. The van der Waals surface area contributed by atoms with Crippen molar-refractivity contribution in [1.29, 1.82) is 0 Å². The number of hydrogen-bond donors (Lipinski definition) is 0. The van der Waals surface area contributed by atoms with Crippen LogP contribution in [0.5, 0.6) is 0 Å². The fraction of sp³-hybridized carbons (Fsp3) is 0.273. The van der Waals surface area contributed by atoms with Gasteiger partial charge in [0.2, 0.25) is 0 Å². The Bertz CT molecular complexity index is 1090. The van der Waals surface area contributed by atoms with Crippen LogP contribution in [0, 0.1) is 10.1 Å². The highest BCUT2D eigenvalue weighted by Crippen LogP contribution is 2.43. The van der Waals surface area contributed by atoms with Crippen LogP contribution < -0.4 is 0 Å². The number of amidine groups is 1. The lowest BCUT2D eigenvalue weighted by atomic mass is 9.84. The monoisotopic (exact) mass is 404 g/mol. The number of nitroso groups, excluding NO2 is 1. The summed E-state index contributed by atoms with van der Waals surface area (Å²) in [7, 11) is 0. The van der Waals surface area contributed by atoms with Crippen molar-refractivity contribution in [2.75, 3.05) is 0 Å². The van der Waals surface area contributed by atoms with Gasteiger partial charge in [0, 0.05) is 16.3 Å². The summed E-state index contributed by atoms with van der Waals surface area (Å²) >= 11 is 0. The normalized spacial score (nSPS) is 22.8. The molecule has 1 saturated heterocycles. The van der Waals surface area contributed by atoms with Crippen LogP contribution in [-0.2, 0) is 5.21 Å². The van der Waals surface area contributed by atoms with Crippen molar-refractivity contribution in [3.8, 4) is 0 Å². The van der Waals surface area contributed by atoms with Crippen LogP contribution in [0.15, 0.2) is 82.4 Å². The van der Waals surface area contributed by atoms with Crippen LogP contribution in [0.25, 0.3) is 0 Å². The lowest BCUT2D eigenvalue weighted by Crippen LogP contribution is -2.50. The first kappa shape index (κ1) is 19.9. The Kier molecular flexibility index (Phi) is 4.56. The number of rotatable bonds is 2. The molecule has 30 heavy (non-hydrogen) atoms. The number of allylic oxidation sites excluding steroid dienone is 1. The maximum absolute atomic E-state index is 13.5. The average Bonchev–Trinajstić information content (AvgIpc) is 2.86. The quantitative estimate of drug-likeness (QED) is 0.711. The molecule has 4 rings (SSSR count). The van der Waals surface area contributed by atoms with Gasteiger partial charge in [0.15, 0.2) is 22.6 Å². The maximum atomic E-state index is 13.5. The second kappa shape index (κ2) is 6.86. The summed E-state index contributed by atoms with van der Waals surface area (Å²) < 4.78 is 0.618. The van der Waals surface area contributed by atoms with E-state index in [1.807, 2.05) is 12.1 Å². The molecule has 0 spiro atoms. The van der Waals surface area contributed by atoms with Crippen molar-refractivity contribution in [3.63, 3.8) is 0 Å². The molecule has 8 nitrogen and oxygen atoms in total. The van der Waals surface area contributed by atoms with E-state index in [1.165, 1.54) is 0 Å². The van der Waals surface area contributed by atoms with Gasteiger partial charge < -0.3 is 10.3 Å². The number of benzene rings is 2. The van der Waals surface area contributed by atoms with E-state index in [4.69, 9.17) is 0 Å². The minimum atomic E-state index is -1.07. The molecule has 0 unspecified atom stereocenters. The molecule has 2 heterocycles. The van der Waals surface area contributed by atoms with Crippen molar-refractivity contribution in [3.05, 3.63) is 93.4 Å². The smallest absolute Gasteiger partial charge is 0.375 e. The van der Waals surface area contributed by atoms with Gasteiger partial charge in [-0.1, -0.05) is 70.6 Å². The molecule has 0 bridgehead atoms. The van der Waals surface area contributed by atoms with Gasteiger partial charge in [0.1, 0.15) is 5.71 Å². The summed E-state index contributed by atoms with van der Waals surface area (Å²) in [5.74, 6) is -0.256. The molecule has 1 fully saturated rings. The Labute approximate surface area is 174 Å². The third-order valence-electron chi connectivity index (χ3n) is 6.05. The van der Waals surface area contributed by atoms with Crippen molar-refractivity contribution < 1.29 is 9.97 Å². The van der Waals surface area contributed by atoms with Crippen molar-refractivity contribution >= 4 is 11.5 Å². The van der Waals surface area contributed by atoms with Crippen LogP contribution in [-0.4, -0.2) is 37.5 Å². The third kappa shape index (κ3) is 2.76. The minimum absolute atomic E-state index is 0.0158. The fourth-order valence-electron chi connectivity index (χ4n) is 3.44. The molecule has 0 N–H and O–H groups in total. The molecule has 0 amide bonds. The number of hydrogen-bond acceptors (Lipinski definition) is 6. The lowest BCUT2D eigenvalue weighted by Gasteiger charge is -2.35. The molecule has 8 heteroatoms. The van der Waals surface area contributed by atoms with Crippen LogP contribution in [0.2, 0.25) is 0 Å². The zero-order valence-corrected chi connectivity index (χ0v) is 17.2. The molecule has 2 aromatic rings. The standard InChI is InChI=1S/C22H22N5O3/c1-21(2)22(3,4)27(30)20(26(21)29)18-17(15-11-7-5-8-12-15)23-24-19(25(18)28)16-13-9-6-10-14-16/h5-14H,1-4H3. The summed E-state index contributed by atoms with van der Waals surface area (Å²) in [6.07, 6.45) is 0. The molecule has 2 aliphatic rings. The maximum Gasteiger partial charge on any atom is 0.375 e. The minimum Gasteiger partial charge on any atom is -0.752 e. The fourth-order valence-corrected chi connectivity index (χ4v) is 3.44. The van der Waals surface area contributed by atoms with E-state index in [0.717, 1.165) is 0 Å². The van der Waals surface area contributed by atoms with Gasteiger partial charge in [-0.25, -0.2) is 0 Å². The summed E-state index contributed by atoms with van der Waals surface area (Å²) in [4.78, 5) is 13.3. The molecule has 0 saturated carbocycles. The van der Waals surface area contributed by atoms with Gasteiger partial charge in [-0.3, -0.25) is 0 Å². The van der Waals surface area contributed by atoms with Gasteiger partial charge in [-0.15, -0.1) is 10.2 Å². The Hall–Kier alpha value is -3.36. The van der Waals surface area contributed by atoms with Crippen LogP contribution >= 0.6 is 0 Å². The largest absolute Gasteiger partial charge is 0.752 e. The van der Waals surface area contributed by atoms with Crippen molar-refractivity contribution in [2.45, 2.75) is 38.8 Å². The summed E-state index contributed by atoms with van der Waals surface area (Å²) in [5.41, 5.74) is -0.953. The first-order valence-corrected chi connectivity index (χ1v) is 9.61. The van der Waals surface area contributed by atoms with Crippen LogP contribution in [0.1, 0.15) is 38.8 Å². The van der Waals surface area contributed by atoms with E-state index < -0.39 is 11.1 Å². The molecule has 0 aliphatic carbocycles. The highest BCUT2D eigenvalue weighted by Gasteiger charge is 2.67. The Morgan fingerprint density at radius 3 is 1.90 bits per heavy atom. The van der Waals surface area contributed by atoms with Crippen molar-refractivity contribution in [2.24, 2.45) is 10.2 Å². The molecule has 0 atom stereocenters. The van der Waals surface area contributed by atoms with E-state index in [0.29, 0.717) is 26.0 Å². The van der Waals surface area contributed by atoms with Gasteiger partial charge in [-0.05, 0) is 32.5 Å². The second-order valence-electron chi connectivity index (χ2n) is 8.28. The van der Waals surface area contributed by atoms with Gasteiger partial charge in [0.25, 0.3) is 0 Å². The Morgan fingerprint density at radius 2 is 1.40 bits per heavy atom. The van der Waals surface area contributed by atoms with E-state index in [-0.39, 0.29) is 23.1 Å². The zero-order chi connectivity index (χ0) is 21.7. The first-order chi connectivity index (χ1) is 14.2. The van der Waals surface area contributed by atoms with E-state index >= 15 is 0 Å². The van der Waals surface area contributed by atoms with Crippen LogP contribution in [0.4, 0.5) is 0 Å². The van der Waals surface area contributed by atoms with E-state index in [2.05, 4.69) is 10.2 Å². The van der Waals surface area contributed by atoms with Gasteiger partial charge in [-0.2, -0.15) is 0 Å². The predicted molar refractivity (Wildman–Crippen MR) is 113 cm³/mol. The molecule has 2 aromatic carbocycles. The van der Waals surface area contributed by atoms with Crippen molar-refractivity contribution in [1.82, 2.24) is 10.1 Å². The number of nitrogens with zero attached hydrogens (tertiary/aromatic N) is 5. The lowest BCUT2D eigenvalue weighted by molar-refractivity contribution is -0.569. The molecule has 1 radical (unpaired) electrons. The zero-order valence-electron chi connectivity index (χ0n) is 17.2. The topological polar surface area (TPSA) is 94.2 Å². The second-order valence-corrected chi connectivity index (χ2v) is 8.28. The Balaban J connectivity index is 1.99. The molecular weight excluding hydrogens is 382 g/mol. The first-order valence-electron chi connectivity index (χ1n) is 9.61. The predicted octanol–water partition coefficient (Wildman–Crippen LogP) is 3.82. The molecular formula is C22H22N5O3. The summed E-state index contributed by atoms with van der Waals surface area (Å²) in [6, 6.07) is 17.7. The van der Waals surface area contributed by atoms with Gasteiger partial charge in [0.05, 0.1) is 0 Å².